The van der Waals surface area contributed by atoms with Crippen molar-refractivity contribution in [3.05, 3.63) is 116 Å². The summed E-state index contributed by atoms with van der Waals surface area (Å²) in [5.41, 5.74) is 7.19. The molecule has 0 amide bonds. The van der Waals surface area contributed by atoms with E-state index in [-0.39, 0.29) is 0 Å². The van der Waals surface area contributed by atoms with Crippen molar-refractivity contribution >= 4 is 83.1 Å². The summed E-state index contributed by atoms with van der Waals surface area (Å²) in [6, 6.07) is 34.8. The molecule has 40 heavy (non-hydrogen) atoms. The standard InChI is InChI=1S/C34H19N3O3/c1-2-11-29-22(6-1)25-7-3-10-28(32(25)38-29)37(20-12-14-23-26-8-4-16-35-33(26)39-30(23)18-20)21-13-15-24-27-9-5-17-36-34(27)40-31(24)19-21/h1-19H. The number of rotatable bonds is 3. The Hall–Kier alpha value is -5.62. The molecule has 0 aliphatic carbocycles. The minimum Gasteiger partial charge on any atom is -0.454 e. The van der Waals surface area contributed by atoms with E-state index in [1.807, 2.05) is 42.5 Å². The van der Waals surface area contributed by atoms with Gasteiger partial charge in [-0.05, 0) is 60.7 Å². The summed E-state index contributed by atoms with van der Waals surface area (Å²) in [5, 5.41) is 6.16. The van der Waals surface area contributed by atoms with Crippen molar-refractivity contribution in [2.75, 3.05) is 4.90 Å². The molecule has 188 valence electrons. The Morgan fingerprint density at radius 1 is 0.450 bits per heavy atom. The van der Waals surface area contributed by atoms with Gasteiger partial charge in [-0.2, -0.15) is 0 Å². The van der Waals surface area contributed by atoms with E-state index in [9.17, 15) is 0 Å². The number of hydrogen-bond donors (Lipinski definition) is 0. The maximum absolute atomic E-state index is 6.47. The topological polar surface area (TPSA) is 68.4 Å². The van der Waals surface area contributed by atoms with Crippen LogP contribution in [0.2, 0.25) is 0 Å². The first-order valence-corrected chi connectivity index (χ1v) is 13.1. The second-order valence-corrected chi connectivity index (χ2v) is 9.86. The summed E-state index contributed by atoms with van der Waals surface area (Å²) in [6.07, 6.45) is 3.50. The van der Waals surface area contributed by atoms with Gasteiger partial charge in [-0.3, -0.25) is 0 Å². The van der Waals surface area contributed by atoms with Crippen molar-refractivity contribution in [2.24, 2.45) is 0 Å². The molecule has 0 atom stereocenters. The van der Waals surface area contributed by atoms with E-state index in [4.69, 9.17) is 13.3 Å². The van der Waals surface area contributed by atoms with Gasteiger partial charge in [0, 0.05) is 56.8 Å². The molecule has 5 aromatic heterocycles. The van der Waals surface area contributed by atoms with Gasteiger partial charge >= 0.3 is 0 Å². The molecule has 0 saturated carbocycles. The number of nitrogens with zero attached hydrogens (tertiary/aromatic N) is 3. The second kappa shape index (κ2) is 7.94. The summed E-state index contributed by atoms with van der Waals surface area (Å²) >= 11 is 0. The van der Waals surface area contributed by atoms with Gasteiger partial charge in [-0.1, -0.05) is 30.3 Å². The molecule has 0 N–H and O–H groups in total. The van der Waals surface area contributed by atoms with Crippen LogP contribution in [0.4, 0.5) is 17.1 Å². The third-order valence-corrected chi connectivity index (χ3v) is 7.61. The quantitative estimate of drug-likeness (QED) is 0.232. The minimum absolute atomic E-state index is 0.622. The maximum atomic E-state index is 6.47. The monoisotopic (exact) mass is 517 g/mol. The molecule has 0 saturated heterocycles. The lowest BCUT2D eigenvalue weighted by Crippen LogP contribution is -2.10. The third-order valence-electron chi connectivity index (χ3n) is 7.61. The van der Waals surface area contributed by atoms with Crippen LogP contribution in [0.1, 0.15) is 0 Å². The molecule has 6 heteroatoms. The summed E-state index contributed by atoms with van der Waals surface area (Å²) in [4.78, 5) is 11.0. The molecule has 0 spiro atoms. The van der Waals surface area contributed by atoms with Gasteiger partial charge in [-0.15, -0.1) is 0 Å². The zero-order valence-corrected chi connectivity index (χ0v) is 21.0. The molecule has 0 bridgehead atoms. The van der Waals surface area contributed by atoms with Crippen LogP contribution in [0, 0.1) is 0 Å². The van der Waals surface area contributed by atoms with Gasteiger partial charge < -0.3 is 18.2 Å². The second-order valence-electron chi connectivity index (χ2n) is 9.86. The van der Waals surface area contributed by atoms with Gasteiger partial charge in [0.1, 0.15) is 16.7 Å². The normalized spacial score (nSPS) is 12.0. The Balaban J connectivity index is 1.33. The van der Waals surface area contributed by atoms with Crippen molar-refractivity contribution in [2.45, 2.75) is 0 Å². The maximum Gasteiger partial charge on any atom is 0.227 e. The fourth-order valence-corrected chi connectivity index (χ4v) is 5.81. The first-order chi connectivity index (χ1) is 19.8. The van der Waals surface area contributed by atoms with Crippen molar-refractivity contribution in [1.29, 1.82) is 0 Å². The molecular weight excluding hydrogens is 498 g/mol. The van der Waals surface area contributed by atoms with Gasteiger partial charge in [0.15, 0.2) is 5.58 Å². The number of hydrogen-bond acceptors (Lipinski definition) is 6. The van der Waals surface area contributed by atoms with Crippen LogP contribution in [0.3, 0.4) is 0 Å². The van der Waals surface area contributed by atoms with E-state index < -0.39 is 0 Å². The van der Waals surface area contributed by atoms with E-state index in [2.05, 4.69) is 75.5 Å². The van der Waals surface area contributed by atoms with Crippen LogP contribution >= 0.6 is 0 Å². The molecule has 0 fully saturated rings. The average Bonchev–Trinajstić information content (AvgIpc) is 3.68. The molecule has 4 aromatic carbocycles. The SMILES string of the molecule is c1ccc2c(c1)oc1c(N(c3ccc4c(c3)oc3ncccc34)c3ccc4c(c3)oc3ncccc34)cccc12. The van der Waals surface area contributed by atoms with Crippen LogP contribution in [-0.4, -0.2) is 9.97 Å². The molecule has 9 rings (SSSR count). The van der Waals surface area contributed by atoms with Gasteiger partial charge in [0.25, 0.3) is 0 Å². The molecule has 6 nitrogen and oxygen atoms in total. The Morgan fingerprint density at radius 3 is 1.70 bits per heavy atom. The van der Waals surface area contributed by atoms with Crippen molar-refractivity contribution in [3.63, 3.8) is 0 Å². The predicted molar refractivity (Wildman–Crippen MR) is 159 cm³/mol. The summed E-state index contributed by atoms with van der Waals surface area (Å²) in [7, 11) is 0. The van der Waals surface area contributed by atoms with E-state index in [1.54, 1.807) is 12.4 Å². The predicted octanol–water partition coefficient (Wildman–Crippen LogP) is 9.64. The Bertz CT molecular complexity index is 2300. The van der Waals surface area contributed by atoms with Crippen LogP contribution in [0.5, 0.6) is 0 Å². The Morgan fingerprint density at radius 2 is 1.02 bits per heavy atom. The van der Waals surface area contributed by atoms with Crippen LogP contribution in [-0.2, 0) is 0 Å². The van der Waals surface area contributed by atoms with Crippen LogP contribution in [0.15, 0.2) is 129 Å². The lowest BCUT2D eigenvalue weighted by atomic mass is 10.1. The number of furan rings is 3. The van der Waals surface area contributed by atoms with Gasteiger partial charge in [0.05, 0.1) is 17.1 Å². The van der Waals surface area contributed by atoms with Crippen molar-refractivity contribution < 1.29 is 13.3 Å². The number of pyridine rings is 2. The fourth-order valence-electron chi connectivity index (χ4n) is 5.81. The summed E-state index contributed by atoms with van der Waals surface area (Å²) in [5.74, 6) is 0. The fraction of sp³-hybridized carbons (Fsp3) is 0. The Kier molecular flexibility index (Phi) is 4.24. The number of para-hydroxylation sites is 2. The Labute approximate surface area is 226 Å². The molecule has 0 unspecified atom stereocenters. The van der Waals surface area contributed by atoms with E-state index in [0.29, 0.717) is 11.4 Å². The number of fused-ring (bicyclic) bond motifs is 9. The third kappa shape index (κ3) is 2.98. The molecule has 5 heterocycles. The van der Waals surface area contributed by atoms with Crippen molar-refractivity contribution in [3.8, 4) is 0 Å². The number of aromatic nitrogens is 2. The molecular formula is C34H19N3O3. The minimum atomic E-state index is 0.622. The van der Waals surface area contributed by atoms with E-state index in [0.717, 1.165) is 71.7 Å². The zero-order chi connectivity index (χ0) is 26.2. The smallest absolute Gasteiger partial charge is 0.227 e. The van der Waals surface area contributed by atoms with Gasteiger partial charge in [0.2, 0.25) is 11.4 Å². The van der Waals surface area contributed by atoms with Crippen molar-refractivity contribution in [1.82, 2.24) is 9.97 Å². The lowest BCUT2D eigenvalue weighted by molar-refractivity contribution is 0.654. The highest BCUT2D eigenvalue weighted by molar-refractivity contribution is 6.11. The molecule has 0 radical (unpaired) electrons. The number of anilines is 3. The average molecular weight is 518 g/mol. The number of benzene rings is 4. The first kappa shape index (κ1) is 21.3. The largest absolute Gasteiger partial charge is 0.454 e. The summed E-state index contributed by atoms with van der Waals surface area (Å²) < 4.78 is 18.8. The van der Waals surface area contributed by atoms with Crippen LogP contribution < -0.4 is 4.90 Å². The lowest BCUT2D eigenvalue weighted by Gasteiger charge is -2.25. The highest BCUT2D eigenvalue weighted by atomic mass is 16.3. The van der Waals surface area contributed by atoms with Gasteiger partial charge in [-0.25, -0.2) is 9.97 Å². The van der Waals surface area contributed by atoms with Crippen LogP contribution in [0.25, 0.3) is 66.1 Å². The molecule has 0 aliphatic rings. The summed E-state index contributed by atoms with van der Waals surface area (Å²) in [6.45, 7) is 0. The van der Waals surface area contributed by atoms with E-state index in [1.165, 1.54) is 0 Å². The molecule has 9 aromatic rings. The first-order valence-electron chi connectivity index (χ1n) is 13.1. The molecule has 0 aliphatic heterocycles. The highest BCUT2D eigenvalue weighted by Crippen LogP contribution is 2.44. The van der Waals surface area contributed by atoms with E-state index >= 15 is 0 Å². The highest BCUT2D eigenvalue weighted by Gasteiger charge is 2.21. The zero-order valence-electron chi connectivity index (χ0n) is 21.0.